The molecule has 0 bridgehead atoms. The van der Waals surface area contributed by atoms with E-state index in [2.05, 4.69) is 93.4 Å². The second kappa shape index (κ2) is 10.4. The molecule has 5 nitrogen and oxygen atoms in total. The summed E-state index contributed by atoms with van der Waals surface area (Å²) in [6.45, 7) is 2.84. The summed E-state index contributed by atoms with van der Waals surface area (Å²) < 4.78 is 0. The largest absolute Gasteiger partial charge is 0.375 e. The Balaban J connectivity index is 1.32. The van der Waals surface area contributed by atoms with Gasteiger partial charge in [-0.1, -0.05) is 36.4 Å². The number of aliphatic imine (C=N–C) groups is 1. The van der Waals surface area contributed by atoms with Crippen LogP contribution in [0.3, 0.4) is 0 Å². The van der Waals surface area contributed by atoms with Gasteiger partial charge in [0, 0.05) is 56.5 Å². The maximum atomic E-state index is 4.33. The number of nitrogens with one attached hydrogen (secondary N) is 3. The first-order valence-electron chi connectivity index (χ1n) is 10.0. The number of H-pyrrole nitrogens is 1. The lowest BCUT2D eigenvalue weighted by Crippen LogP contribution is -2.38. The van der Waals surface area contributed by atoms with Gasteiger partial charge in [-0.2, -0.15) is 0 Å². The predicted octanol–water partition coefficient (Wildman–Crippen LogP) is 3.79. The smallest absolute Gasteiger partial charge is 0.190 e. The summed E-state index contributed by atoms with van der Waals surface area (Å²) >= 11 is 0. The molecule has 0 radical (unpaired) electrons. The van der Waals surface area contributed by atoms with Gasteiger partial charge in [-0.15, -0.1) is 0 Å². The Bertz CT molecular complexity index is 869. The number of unbranched alkanes of at least 4 members (excludes halogenated alkanes) is 1. The van der Waals surface area contributed by atoms with Gasteiger partial charge in [0.15, 0.2) is 5.96 Å². The number of aromatic nitrogens is 1. The first-order valence-corrected chi connectivity index (χ1v) is 10.0. The quantitative estimate of drug-likeness (QED) is 0.302. The minimum Gasteiger partial charge on any atom is -0.375 e. The number of anilines is 1. The summed E-state index contributed by atoms with van der Waals surface area (Å²) in [5.41, 5.74) is 3.80. The average molecular weight is 378 g/mol. The van der Waals surface area contributed by atoms with Crippen molar-refractivity contribution in [3.05, 3.63) is 66.4 Å². The molecule has 0 aliphatic carbocycles. The van der Waals surface area contributed by atoms with E-state index >= 15 is 0 Å². The lowest BCUT2D eigenvalue weighted by atomic mass is 10.1. The highest BCUT2D eigenvalue weighted by molar-refractivity contribution is 5.83. The first kappa shape index (κ1) is 19.8. The summed E-state index contributed by atoms with van der Waals surface area (Å²) in [5.74, 6) is 0.872. The Hall–Kier alpha value is -2.95. The van der Waals surface area contributed by atoms with Gasteiger partial charge in [0.1, 0.15) is 0 Å². The Morgan fingerprint density at radius 1 is 0.964 bits per heavy atom. The Kier molecular flexibility index (Phi) is 7.36. The Morgan fingerprint density at radius 2 is 1.71 bits per heavy atom. The number of hydrogen-bond donors (Lipinski definition) is 3. The van der Waals surface area contributed by atoms with Gasteiger partial charge in [0.2, 0.25) is 0 Å². The van der Waals surface area contributed by atoms with Gasteiger partial charge in [0.05, 0.1) is 0 Å². The second-order valence-electron chi connectivity index (χ2n) is 7.00. The van der Waals surface area contributed by atoms with Crippen LogP contribution in [0.2, 0.25) is 0 Å². The lowest BCUT2D eigenvalue weighted by Gasteiger charge is -2.19. The van der Waals surface area contributed by atoms with Crippen molar-refractivity contribution in [2.45, 2.75) is 19.3 Å². The highest BCUT2D eigenvalue weighted by Crippen LogP contribution is 2.17. The van der Waals surface area contributed by atoms with E-state index in [0.717, 1.165) is 44.9 Å². The molecule has 1 aromatic heterocycles. The van der Waals surface area contributed by atoms with Crippen LogP contribution in [0.4, 0.5) is 5.69 Å². The van der Waals surface area contributed by atoms with E-state index in [0.29, 0.717) is 0 Å². The van der Waals surface area contributed by atoms with Gasteiger partial charge in [-0.25, -0.2) is 0 Å². The predicted molar refractivity (Wildman–Crippen MR) is 120 cm³/mol. The van der Waals surface area contributed by atoms with Gasteiger partial charge in [0.25, 0.3) is 0 Å². The average Bonchev–Trinajstić information content (AvgIpc) is 3.16. The molecule has 0 fully saturated rings. The van der Waals surface area contributed by atoms with E-state index < -0.39 is 0 Å². The van der Waals surface area contributed by atoms with E-state index in [4.69, 9.17) is 0 Å². The third-order valence-corrected chi connectivity index (χ3v) is 5.00. The third kappa shape index (κ3) is 5.52. The Labute approximate surface area is 167 Å². The van der Waals surface area contributed by atoms with E-state index in [1.54, 1.807) is 0 Å². The van der Waals surface area contributed by atoms with Gasteiger partial charge in [-0.05, 0) is 43.0 Å². The number of aromatic amines is 1. The van der Waals surface area contributed by atoms with Crippen molar-refractivity contribution in [3.63, 3.8) is 0 Å². The highest BCUT2D eigenvalue weighted by atomic mass is 15.2. The molecule has 2 aromatic carbocycles. The molecule has 148 valence electrons. The zero-order chi connectivity index (χ0) is 19.6. The third-order valence-electron chi connectivity index (χ3n) is 5.00. The van der Waals surface area contributed by atoms with Crippen LogP contribution < -0.4 is 15.5 Å². The molecule has 3 N–H and O–H groups in total. The fourth-order valence-electron chi connectivity index (χ4n) is 3.37. The lowest BCUT2D eigenvalue weighted by molar-refractivity contribution is 0.686. The standard InChI is InChI=1S/C23H31N5/c1-24-23(25-15-8-9-17-28(2)20-10-4-3-5-11-20)26-16-14-19-18-27-22-13-7-6-12-21(19)22/h3-7,10-13,18,27H,8-9,14-17H2,1-2H3,(H2,24,25,26). The number of hydrogen-bond acceptors (Lipinski definition) is 2. The fraction of sp³-hybridized carbons (Fsp3) is 0.348. The summed E-state index contributed by atoms with van der Waals surface area (Å²) in [7, 11) is 3.97. The van der Waals surface area contributed by atoms with E-state index in [1.807, 2.05) is 7.05 Å². The molecule has 28 heavy (non-hydrogen) atoms. The molecular weight excluding hydrogens is 346 g/mol. The molecule has 3 aromatic rings. The zero-order valence-electron chi connectivity index (χ0n) is 16.9. The summed E-state index contributed by atoms with van der Waals surface area (Å²) in [6.07, 6.45) is 5.32. The summed E-state index contributed by atoms with van der Waals surface area (Å²) in [4.78, 5) is 9.96. The van der Waals surface area contributed by atoms with Crippen LogP contribution in [0.1, 0.15) is 18.4 Å². The number of para-hydroxylation sites is 2. The molecule has 0 amide bonds. The highest BCUT2D eigenvalue weighted by Gasteiger charge is 2.04. The Morgan fingerprint density at radius 3 is 2.54 bits per heavy atom. The normalized spacial score (nSPS) is 11.6. The fourth-order valence-corrected chi connectivity index (χ4v) is 3.37. The molecule has 0 atom stereocenters. The van der Waals surface area contributed by atoms with Crippen LogP contribution in [-0.2, 0) is 6.42 Å². The van der Waals surface area contributed by atoms with Crippen molar-refractivity contribution in [2.75, 3.05) is 38.6 Å². The molecule has 0 unspecified atom stereocenters. The number of guanidine groups is 1. The molecular formula is C23H31N5. The molecule has 0 aliphatic heterocycles. The minimum atomic E-state index is 0.859. The van der Waals surface area contributed by atoms with Crippen LogP contribution in [0, 0.1) is 0 Å². The van der Waals surface area contributed by atoms with Gasteiger partial charge in [-0.3, -0.25) is 4.99 Å². The van der Waals surface area contributed by atoms with Crippen LogP contribution in [0.15, 0.2) is 65.8 Å². The van der Waals surface area contributed by atoms with Gasteiger partial charge >= 0.3 is 0 Å². The number of rotatable bonds is 9. The maximum absolute atomic E-state index is 4.33. The monoisotopic (exact) mass is 377 g/mol. The van der Waals surface area contributed by atoms with Crippen LogP contribution in [0.25, 0.3) is 10.9 Å². The van der Waals surface area contributed by atoms with E-state index in [-0.39, 0.29) is 0 Å². The van der Waals surface area contributed by atoms with Crippen molar-refractivity contribution >= 4 is 22.5 Å². The number of nitrogens with zero attached hydrogens (tertiary/aromatic N) is 2. The molecule has 3 rings (SSSR count). The maximum Gasteiger partial charge on any atom is 0.190 e. The van der Waals surface area contributed by atoms with Crippen LogP contribution in [-0.4, -0.2) is 44.7 Å². The van der Waals surface area contributed by atoms with Gasteiger partial charge < -0.3 is 20.5 Å². The molecule has 1 heterocycles. The van der Waals surface area contributed by atoms with Crippen molar-refractivity contribution in [2.24, 2.45) is 4.99 Å². The summed E-state index contributed by atoms with van der Waals surface area (Å²) in [5, 5.41) is 8.13. The first-order chi connectivity index (χ1) is 13.8. The van der Waals surface area contributed by atoms with Crippen molar-refractivity contribution in [1.82, 2.24) is 15.6 Å². The van der Waals surface area contributed by atoms with Crippen LogP contribution >= 0.6 is 0 Å². The minimum absolute atomic E-state index is 0.859. The SMILES string of the molecule is CN=C(NCCCCN(C)c1ccccc1)NCCc1c[nH]c2ccccc12. The second-order valence-corrected chi connectivity index (χ2v) is 7.00. The molecule has 0 aliphatic rings. The molecule has 0 saturated heterocycles. The number of benzene rings is 2. The van der Waals surface area contributed by atoms with Crippen molar-refractivity contribution in [1.29, 1.82) is 0 Å². The topological polar surface area (TPSA) is 55.5 Å². The van der Waals surface area contributed by atoms with Crippen molar-refractivity contribution < 1.29 is 0 Å². The number of fused-ring (bicyclic) bond motifs is 1. The van der Waals surface area contributed by atoms with Crippen LogP contribution in [0.5, 0.6) is 0 Å². The zero-order valence-corrected chi connectivity index (χ0v) is 16.9. The summed E-state index contributed by atoms with van der Waals surface area (Å²) in [6, 6.07) is 18.9. The van der Waals surface area contributed by atoms with Crippen molar-refractivity contribution in [3.8, 4) is 0 Å². The molecule has 0 spiro atoms. The molecule has 5 heteroatoms. The van der Waals surface area contributed by atoms with E-state index in [9.17, 15) is 0 Å². The van der Waals surface area contributed by atoms with E-state index in [1.165, 1.54) is 22.2 Å². The molecule has 0 saturated carbocycles.